The number of sulfonamides is 1. The quantitative estimate of drug-likeness (QED) is 0.281. The van der Waals surface area contributed by atoms with Gasteiger partial charge in [-0.3, -0.25) is 13.9 Å². The highest BCUT2D eigenvalue weighted by molar-refractivity contribution is 9.10. The van der Waals surface area contributed by atoms with E-state index in [1.54, 1.807) is 6.92 Å². The molecule has 0 saturated carbocycles. The summed E-state index contributed by atoms with van der Waals surface area (Å²) in [6.07, 6.45) is 0. The number of ether oxygens (including phenoxy) is 2. The molecule has 0 bridgehead atoms. The van der Waals surface area contributed by atoms with E-state index in [2.05, 4.69) is 21.2 Å². The Balaban J connectivity index is 2.07. The minimum atomic E-state index is -4.31. The summed E-state index contributed by atoms with van der Waals surface area (Å²) in [5.74, 6) is -0.377. The molecule has 0 heterocycles. The van der Waals surface area contributed by atoms with Crippen molar-refractivity contribution in [1.29, 1.82) is 0 Å². The number of carbonyl (C=O) groups excluding carboxylic acids is 2. The van der Waals surface area contributed by atoms with Gasteiger partial charge in [-0.2, -0.15) is 0 Å². The van der Waals surface area contributed by atoms with Crippen LogP contribution >= 0.6 is 27.5 Å². The van der Waals surface area contributed by atoms with E-state index in [4.69, 9.17) is 21.1 Å². The zero-order valence-electron chi connectivity index (χ0n) is 24.4. The van der Waals surface area contributed by atoms with E-state index >= 15 is 0 Å². The summed E-state index contributed by atoms with van der Waals surface area (Å²) in [5.41, 5.74) is 0.449. The molecule has 0 radical (unpaired) electrons. The molecule has 3 rings (SSSR count). The van der Waals surface area contributed by atoms with Crippen LogP contribution in [0.2, 0.25) is 5.02 Å². The zero-order chi connectivity index (χ0) is 31.2. The van der Waals surface area contributed by atoms with Crippen LogP contribution in [0.4, 0.5) is 5.69 Å². The molecule has 226 valence electrons. The molecule has 3 aromatic rings. The molecule has 0 aromatic heterocycles. The number of amides is 2. The summed E-state index contributed by atoms with van der Waals surface area (Å²) in [7, 11) is -1.46. The van der Waals surface area contributed by atoms with Crippen molar-refractivity contribution in [2.45, 2.75) is 50.7 Å². The molecule has 42 heavy (non-hydrogen) atoms. The highest BCUT2D eigenvalue weighted by Crippen LogP contribution is 2.32. The maximum atomic E-state index is 14.1. The summed E-state index contributed by atoms with van der Waals surface area (Å²) in [4.78, 5) is 28.5. The Morgan fingerprint density at radius 3 is 2.10 bits per heavy atom. The largest absolute Gasteiger partial charge is 0.493 e. The SMILES string of the molecule is COc1ccc(S(=O)(=O)N(CC(=O)N(Cc2ccc(Br)cc2)[C@@H](C)C(=O)NC(C)(C)C)c2ccc(Cl)cc2)cc1OC. The Morgan fingerprint density at radius 2 is 1.55 bits per heavy atom. The van der Waals surface area contributed by atoms with Gasteiger partial charge in [0, 0.05) is 27.6 Å². The lowest BCUT2D eigenvalue weighted by Gasteiger charge is -2.33. The number of benzene rings is 3. The minimum absolute atomic E-state index is 0.0791. The predicted octanol–water partition coefficient (Wildman–Crippen LogP) is 5.65. The monoisotopic (exact) mass is 679 g/mol. The molecule has 3 aromatic carbocycles. The molecule has 0 aliphatic carbocycles. The second-order valence-electron chi connectivity index (χ2n) is 10.6. The topological polar surface area (TPSA) is 105 Å². The molecule has 0 spiro atoms. The Labute approximate surface area is 260 Å². The van der Waals surface area contributed by atoms with Gasteiger partial charge in [-0.25, -0.2) is 8.42 Å². The van der Waals surface area contributed by atoms with Crippen LogP contribution in [0.25, 0.3) is 0 Å². The van der Waals surface area contributed by atoms with Gasteiger partial charge in [-0.1, -0.05) is 39.7 Å². The number of carbonyl (C=O) groups is 2. The lowest BCUT2D eigenvalue weighted by Crippen LogP contribution is -2.54. The van der Waals surface area contributed by atoms with Gasteiger partial charge in [0.1, 0.15) is 12.6 Å². The fourth-order valence-corrected chi connectivity index (χ4v) is 5.90. The number of rotatable bonds is 11. The van der Waals surface area contributed by atoms with Crippen LogP contribution < -0.4 is 19.1 Å². The summed E-state index contributed by atoms with van der Waals surface area (Å²) in [5, 5.41) is 3.31. The van der Waals surface area contributed by atoms with Crippen LogP contribution in [0.3, 0.4) is 0 Å². The normalized spacial score (nSPS) is 12.3. The number of nitrogens with one attached hydrogen (secondary N) is 1. The lowest BCUT2D eigenvalue weighted by molar-refractivity contribution is -0.140. The fourth-order valence-electron chi connectivity index (χ4n) is 4.08. The smallest absolute Gasteiger partial charge is 0.264 e. The molecular weight excluding hydrogens is 646 g/mol. The molecule has 0 aliphatic rings. The lowest BCUT2D eigenvalue weighted by atomic mass is 10.1. The van der Waals surface area contributed by atoms with Crippen LogP contribution in [0.1, 0.15) is 33.3 Å². The third-order valence-electron chi connectivity index (χ3n) is 6.27. The molecule has 0 unspecified atom stereocenters. The van der Waals surface area contributed by atoms with E-state index in [-0.39, 0.29) is 28.8 Å². The van der Waals surface area contributed by atoms with Crippen LogP contribution in [0.15, 0.2) is 76.1 Å². The van der Waals surface area contributed by atoms with E-state index in [9.17, 15) is 18.0 Å². The molecule has 1 N–H and O–H groups in total. The summed E-state index contributed by atoms with van der Waals surface area (Å²) < 4.78 is 40.6. The van der Waals surface area contributed by atoms with Crippen LogP contribution in [0, 0.1) is 0 Å². The Hall–Kier alpha value is -3.28. The Bertz CT molecular complexity index is 1510. The molecule has 1 atom stereocenters. The Kier molecular flexibility index (Phi) is 10.9. The van der Waals surface area contributed by atoms with Gasteiger partial charge < -0.3 is 19.7 Å². The van der Waals surface area contributed by atoms with Crippen LogP contribution in [-0.2, 0) is 26.2 Å². The van der Waals surface area contributed by atoms with Crippen LogP contribution in [0.5, 0.6) is 11.5 Å². The summed E-state index contributed by atoms with van der Waals surface area (Å²) in [6, 6.07) is 16.7. The molecule has 2 amide bonds. The standard InChI is InChI=1S/C30H35BrClN3O6S/c1-20(29(37)33-30(2,3)4)34(18-21-7-9-22(31)10-8-21)28(36)19-35(24-13-11-23(32)12-14-24)42(38,39)25-15-16-26(40-5)27(17-25)41-6/h7-17,20H,18-19H2,1-6H3,(H,33,37)/t20-/m0/s1. The van der Waals surface area contributed by atoms with Crippen molar-refractivity contribution < 1.29 is 27.5 Å². The van der Waals surface area contributed by atoms with Gasteiger partial charge in [0.25, 0.3) is 10.0 Å². The average Bonchev–Trinajstić information content (AvgIpc) is 2.94. The third kappa shape index (κ3) is 8.39. The van der Waals surface area contributed by atoms with Crippen molar-refractivity contribution in [2.75, 3.05) is 25.1 Å². The Morgan fingerprint density at radius 1 is 0.952 bits per heavy atom. The molecular formula is C30H35BrClN3O6S. The van der Waals surface area contributed by atoms with Gasteiger partial charge >= 0.3 is 0 Å². The molecule has 9 nitrogen and oxygen atoms in total. The first-order valence-electron chi connectivity index (χ1n) is 13.0. The van der Waals surface area contributed by atoms with E-state index in [0.29, 0.717) is 10.8 Å². The van der Waals surface area contributed by atoms with Crippen molar-refractivity contribution in [1.82, 2.24) is 10.2 Å². The third-order valence-corrected chi connectivity index (χ3v) is 8.82. The highest BCUT2D eigenvalue weighted by Gasteiger charge is 2.33. The van der Waals surface area contributed by atoms with Crippen LogP contribution in [-0.4, -0.2) is 57.5 Å². The first-order chi connectivity index (χ1) is 19.7. The van der Waals surface area contributed by atoms with E-state index in [0.717, 1.165) is 14.3 Å². The van der Waals surface area contributed by atoms with Gasteiger partial charge in [0.15, 0.2) is 11.5 Å². The highest BCUT2D eigenvalue weighted by atomic mass is 79.9. The predicted molar refractivity (Wildman–Crippen MR) is 168 cm³/mol. The number of nitrogens with zero attached hydrogens (tertiary/aromatic N) is 2. The number of hydrogen-bond donors (Lipinski definition) is 1. The van der Waals surface area contributed by atoms with Gasteiger partial charge in [-0.15, -0.1) is 0 Å². The van der Waals surface area contributed by atoms with E-state index < -0.39 is 34.1 Å². The van der Waals surface area contributed by atoms with E-state index in [1.165, 1.54) is 61.6 Å². The second-order valence-corrected chi connectivity index (χ2v) is 13.8. The summed E-state index contributed by atoms with van der Waals surface area (Å²) >= 11 is 9.49. The maximum absolute atomic E-state index is 14.1. The van der Waals surface area contributed by atoms with Crippen molar-refractivity contribution in [3.8, 4) is 11.5 Å². The minimum Gasteiger partial charge on any atom is -0.493 e. The number of methoxy groups -OCH3 is 2. The molecule has 0 aliphatic heterocycles. The number of anilines is 1. The van der Waals surface area contributed by atoms with Gasteiger partial charge in [-0.05, 0) is 81.8 Å². The maximum Gasteiger partial charge on any atom is 0.264 e. The van der Waals surface area contributed by atoms with Gasteiger partial charge in [0.2, 0.25) is 11.8 Å². The average molecular weight is 681 g/mol. The van der Waals surface area contributed by atoms with Crippen molar-refractivity contribution in [3.63, 3.8) is 0 Å². The summed E-state index contributed by atoms with van der Waals surface area (Å²) in [6.45, 7) is 6.65. The van der Waals surface area contributed by atoms with Crippen molar-refractivity contribution >= 4 is 55.1 Å². The number of hydrogen-bond acceptors (Lipinski definition) is 6. The fraction of sp³-hybridized carbons (Fsp3) is 0.333. The number of halogens is 2. The zero-order valence-corrected chi connectivity index (χ0v) is 27.5. The van der Waals surface area contributed by atoms with Crippen molar-refractivity contribution in [2.24, 2.45) is 0 Å². The first-order valence-corrected chi connectivity index (χ1v) is 15.6. The van der Waals surface area contributed by atoms with E-state index in [1.807, 2.05) is 45.0 Å². The van der Waals surface area contributed by atoms with Gasteiger partial charge in [0.05, 0.1) is 24.8 Å². The second kappa shape index (κ2) is 13.8. The molecule has 12 heteroatoms. The molecule has 0 saturated heterocycles. The molecule has 0 fully saturated rings. The first kappa shape index (κ1) is 33.2. The van der Waals surface area contributed by atoms with Crippen molar-refractivity contribution in [3.05, 3.63) is 81.8 Å².